The van der Waals surface area contributed by atoms with Gasteiger partial charge in [0.25, 0.3) is 11.7 Å². The molecule has 192 valence electrons. The Morgan fingerprint density at radius 3 is 2.39 bits per heavy atom. The van der Waals surface area contributed by atoms with E-state index in [0.717, 1.165) is 21.9 Å². The van der Waals surface area contributed by atoms with E-state index in [1.54, 1.807) is 31.4 Å². The molecule has 1 heterocycles. The Labute approximate surface area is 221 Å². The van der Waals surface area contributed by atoms with Crippen LogP contribution in [-0.2, 0) is 9.59 Å². The van der Waals surface area contributed by atoms with E-state index in [-0.39, 0.29) is 11.3 Å². The third-order valence-corrected chi connectivity index (χ3v) is 7.06. The predicted octanol–water partition coefficient (Wildman–Crippen LogP) is 6.49. The lowest BCUT2D eigenvalue weighted by Gasteiger charge is -2.26. The second-order valence-corrected chi connectivity index (χ2v) is 9.31. The highest BCUT2D eigenvalue weighted by molar-refractivity contribution is 6.51. The zero-order chi connectivity index (χ0) is 27.0. The molecule has 0 bridgehead atoms. The van der Waals surface area contributed by atoms with Crippen LogP contribution < -0.4 is 14.4 Å². The molecule has 1 amide bonds. The zero-order valence-electron chi connectivity index (χ0n) is 21.8. The number of amides is 1. The van der Waals surface area contributed by atoms with Gasteiger partial charge in [0, 0.05) is 11.3 Å². The van der Waals surface area contributed by atoms with Crippen LogP contribution in [0.1, 0.15) is 35.2 Å². The molecule has 6 nitrogen and oxygen atoms in total. The average Bonchev–Trinajstić information content (AvgIpc) is 3.19. The molecule has 5 rings (SSSR count). The van der Waals surface area contributed by atoms with Crippen molar-refractivity contribution in [2.45, 2.75) is 26.8 Å². The van der Waals surface area contributed by atoms with Crippen LogP contribution >= 0.6 is 0 Å². The molecule has 1 aliphatic heterocycles. The van der Waals surface area contributed by atoms with E-state index in [1.807, 2.05) is 75.4 Å². The molecule has 0 aliphatic carbocycles. The van der Waals surface area contributed by atoms with Gasteiger partial charge in [0.15, 0.2) is 11.5 Å². The maximum Gasteiger partial charge on any atom is 0.300 e. The number of benzene rings is 4. The monoisotopic (exact) mass is 507 g/mol. The maximum absolute atomic E-state index is 13.6. The first kappa shape index (κ1) is 25.1. The smallest absolute Gasteiger partial charge is 0.300 e. The molecule has 1 fully saturated rings. The van der Waals surface area contributed by atoms with Crippen LogP contribution in [0.25, 0.3) is 16.5 Å². The molecule has 4 aromatic carbocycles. The van der Waals surface area contributed by atoms with Gasteiger partial charge in [-0.05, 0) is 72.5 Å². The highest BCUT2D eigenvalue weighted by Gasteiger charge is 2.47. The number of ether oxygens (including phenoxy) is 2. The predicted molar refractivity (Wildman–Crippen MR) is 149 cm³/mol. The number of methoxy groups -OCH3 is 1. The molecular formula is C32H29NO5. The number of hydrogen-bond acceptors (Lipinski definition) is 5. The maximum atomic E-state index is 13.6. The summed E-state index contributed by atoms with van der Waals surface area (Å²) in [7, 11) is 1.55. The average molecular weight is 508 g/mol. The Morgan fingerprint density at radius 1 is 0.895 bits per heavy atom. The largest absolute Gasteiger partial charge is 0.507 e. The van der Waals surface area contributed by atoms with Crippen LogP contribution in [0.15, 0.2) is 84.4 Å². The van der Waals surface area contributed by atoms with Gasteiger partial charge in [-0.25, -0.2) is 0 Å². The number of aryl methyl sites for hydroxylation is 2. The van der Waals surface area contributed by atoms with Crippen molar-refractivity contribution in [3.05, 3.63) is 107 Å². The molecule has 1 atom stereocenters. The van der Waals surface area contributed by atoms with Crippen molar-refractivity contribution in [1.29, 1.82) is 0 Å². The van der Waals surface area contributed by atoms with Gasteiger partial charge in [-0.1, -0.05) is 54.6 Å². The van der Waals surface area contributed by atoms with Gasteiger partial charge in [-0.3, -0.25) is 14.5 Å². The van der Waals surface area contributed by atoms with Crippen LogP contribution in [0, 0.1) is 13.8 Å². The van der Waals surface area contributed by atoms with Gasteiger partial charge in [-0.15, -0.1) is 0 Å². The summed E-state index contributed by atoms with van der Waals surface area (Å²) in [6.07, 6.45) is 0. The number of carbonyl (C=O) groups is 2. The van der Waals surface area contributed by atoms with Crippen molar-refractivity contribution in [1.82, 2.24) is 0 Å². The fourth-order valence-corrected chi connectivity index (χ4v) is 5.00. The standard InChI is InChI=1S/C32H29NO5/c1-5-38-27-18-22(14-16-26(27)37-4)29-28(30(34)25-12-8-10-21-9-6-7-11-24(21)25)31(35)32(36)33(29)23-15-13-19(2)20(3)17-23/h6-18,29,34H,5H2,1-4H3/b30-28+. The van der Waals surface area contributed by atoms with Crippen molar-refractivity contribution >= 4 is 33.9 Å². The van der Waals surface area contributed by atoms with E-state index in [9.17, 15) is 14.7 Å². The van der Waals surface area contributed by atoms with Crippen LogP contribution in [-0.4, -0.2) is 30.5 Å². The summed E-state index contributed by atoms with van der Waals surface area (Å²) < 4.78 is 11.3. The summed E-state index contributed by atoms with van der Waals surface area (Å²) in [4.78, 5) is 28.7. The van der Waals surface area contributed by atoms with Crippen molar-refractivity contribution in [2.75, 3.05) is 18.6 Å². The third-order valence-electron chi connectivity index (χ3n) is 7.06. The molecule has 1 unspecified atom stereocenters. The quantitative estimate of drug-likeness (QED) is 0.183. The molecule has 4 aromatic rings. The highest BCUT2D eigenvalue weighted by Crippen LogP contribution is 2.45. The van der Waals surface area contributed by atoms with Crippen molar-refractivity contribution in [3.8, 4) is 11.5 Å². The second-order valence-electron chi connectivity index (χ2n) is 9.31. The fourth-order valence-electron chi connectivity index (χ4n) is 5.00. The first-order valence-corrected chi connectivity index (χ1v) is 12.5. The van der Waals surface area contributed by atoms with Crippen molar-refractivity contribution < 1.29 is 24.2 Å². The summed E-state index contributed by atoms with van der Waals surface area (Å²) >= 11 is 0. The summed E-state index contributed by atoms with van der Waals surface area (Å²) in [5.74, 6) is -0.636. The van der Waals surface area contributed by atoms with Crippen molar-refractivity contribution in [3.63, 3.8) is 0 Å². The lowest BCUT2D eigenvalue weighted by atomic mass is 9.93. The molecule has 1 aliphatic rings. The number of fused-ring (bicyclic) bond motifs is 1. The van der Waals surface area contributed by atoms with Gasteiger partial charge in [0.05, 0.1) is 25.3 Å². The van der Waals surface area contributed by atoms with Gasteiger partial charge < -0.3 is 14.6 Å². The van der Waals surface area contributed by atoms with E-state index in [1.165, 1.54) is 4.90 Å². The molecule has 6 heteroatoms. The van der Waals surface area contributed by atoms with Gasteiger partial charge >= 0.3 is 0 Å². The van der Waals surface area contributed by atoms with Crippen LogP contribution in [0.5, 0.6) is 11.5 Å². The van der Waals surface area contributed by atoms with Gasteiger partial charge in [0.1, 0.15) is 5.76 Å². The number of anilines is 1. The number of ketones is 1. The molecule has 1 saturated heterocycles. The van der Waals surface area contributed by atoms with E-state index in [0.29, 0.717) is 34.9 Å². The topological polar surface area (TPSA) is 76.1 Å². The lowest BCUT2D eigenvalue weighted by Crippen LogP contribution is -2.29. The van der Waals surface area contributed by atoms with E-state index >= 15 is 0 Å². The number of aliphatic hydroxyl groups is 1. The molecule has 0 aromatic heterocycles. The van der Waals surface area contributed by atoms with E-state index < -0.39 is 17.7 Å². The van der Waals surface area contributed by atoms with E-state index in [2.05, 4.69) is 0 Å². The fraction of sp³-hybridized carbons (Fsp3) is 0.188. The normalized spacial score (nSPS) is 16.7. The third kappa shape index (κ3) is 4.18. The Bertz CT molecular complexity index is 1600. The Hall–Kier alpha value is -4.58. The van der Waals surface area contributed by atoms with Crippen LogP contribution in [0.3, 0.4) is 0 Å². The number of nitrogens with zero attached hydrogens (tertiary/aromatic N) is 1. The summed E-state index contributed by atoms with van der Waals surface area (Å²) in [5, 5.41) is 13.4. The molecule has 0 saturated carbocycles. The molecule has 38 heavy (non-hydrogen) atoms. The van der Waals surface area contributed by atoms with Gasteiger partial charge in [-0.2, -0.15) is 0 Å². The number of aliphatic hydroxyl groups excluding tert-OH is 1. The van der Waals surface area contributed by atoms with Gasteiger partial charge in [0.2, 0.25) is 0 Å². The SMILES string of the molecule is CCOc1cc(C2/C(=C(\O)c3cccc4ccccc34)C(=O)C(=O)N2c2ccc(C)c(C)c2)ccc1OC. The lowest BCUT2D eigenvalue weighted by molar-refractivity contribution is -0.132. The Morgan fingerprint density at radius 2 is 1.66 bits per heavy atom. The molecule has 0 spiro atoms. The molecule has 0 radical (unpaired) electrons. The number of rotatable bonds is 6. The second kappa shape index (κ2) is 10.1. The minimum atomic E-state index is -0.874. The minimum absolute atomic E-state index is 0.0252. The van der Waals surface area contributed by atoms with Crippen molar-refractivity contribution in [2.24, 2.45) is 0 Å². The zero-order valence-corrected chi connectivity index (χ0v) is 21.8. The number of hydrogen-bond donors (Lipinski definition) is 1. The summed E-state index contributed by atoms with van der Waals surface area (Å²) in [6, 6.07) is 23.2. The summed E-state index contributed by atoms with van der Waals surface area (Å²) in [6.45, 7) is 6.23. The first-order valence-electron chi connectivity index (χ1n) is 12.5. The van der Waals surface area contributed by atoms with E-state index in [4.69, 9.17) is 9.47 Å². The van der Waals surface area contributed by atoms with Crippen LogP contribution in [0.4, 0.5) is 5.69 Å². The number of carbonyl (C=O) groups excluding carboxylic acids is 2. The first-order chi connectivity index (χ1) is 18.3. The summed E-state index contributed by atoms with van der Waals surface area (Å²) in [5.41, 5.74) is 3.77. The van der Waals surface area contributed by atoms with Crippen LogP contribution in [0.2, 0.25) is 0 Å². The Balaban J connectivity index is 1.79. The Kier molecular flexibility index (Phi) is 6.64. The molecular weight excluding hydrogens is 478 g/mol. The molecule has 1 N–H and O–H groups in total. The number of Topliss-reactive ketones (excluding diaryl/α,β-unsaturated/α-hetero) is 1. The highest BCUT2D eigenvalue weighted by atomic mass is 16.5. The minimum Gasteiger partial charge on any atom is -0.507 e.